The highest BCUT2D eigenvalue weighted by Crippen LogP contribution is 2.46. The van der Waals surface area contributed by atoms with Gasteiger partial charge in [-0.25, -0.2) is 0 Å². The number of carbonyl (C=O) groups excluding carboxylic acids is 2. The fraction of sp³-hybridized carbons (Fsp3) is 0.556. The Bertz CT molecular complexity index is 553. The molecular weight excluding hydrogens is 308 g/mol. The van der Waals surface area contributed by atoms with E-state index in [1.165, 1.54) is 0 Å². The molecule has 24 heavy (non-hydrogen) atoms. The molecule has 0 aliphatic heterocycles. The summed E-state index contributed by atoms with van der Waals surface area (Å²) in [6.45, 7) is 1.65. The van der Waals surface area contributed by atoms with Crippen molar-refractivity contribution in [1.82, 2.24) is 10.6 Å². The summed E-state index contributed by atoms with van der Waals surface area (Å²) in [5, 5.41) is 5.72. The van der Waals surface area contributed by atoms with Crippen LogP contribution in [0.25, 0.3) is 0 Å². The predicted octanol–water partition coefficient (Wildman–Crippen LogP) is 1.29. The maximum Gasteiger partial charge on any atom is 0.235 e. The SMILES string of the molecule is COCCCNC(=O)C1(C(=O)NCCc2ccc(OC)cc2)CC1. The number of carbonyl (C=O) groups is 2. The third-order valence-electron chi connectivity index (χ3n) is 4.29. The van der Waals surface area contributed by atoms with Crippen LogP contribution in [-0.4, -0.2) is 45.7 Å². The summed E-state index contributed by atoms with van der Waals surface area (Å²) < 4.78 is 10.1. The lowest BCUT2D eigenvalue weighted by molar-refractivity contribution is -0.137. The van der Waals surface area contributed by atoms with Gasteiger partial charge in [0, 0.05) is 26.8 Å². The van der Waals surface area contributed by atoms with Crippen molar-refractivity contribution in [2.75, 3.05) is 33.9 Å². The zero-order valence-corrected chi connectivity index (χ0v) is 14.4. The van der Waals surface area contributed by atoms with E-state index in [9.17, 15) is 9.59 Å². The number of rotatable bonds is 10. The van der Waals surface area contributed by atoms with E-state index in [1.54, 1.807) is 14.2 Å². The second-order valence-electron chi connectivity index (χ2n) is 6.04. The van der Waals surface area contributed by atoms with Gasteiger partial charge < -0.3 is 20.1 Å². The highest BCUT2D eigenvalue weighted by molar-refractivity contribution is 6.07. The maximum absolute atomic E-state index is 12.3. The third-order valence-corrected chi connectivity index (χ3v) is 4.29. The Balaban J connectivity index is 1.73. The minimum Gasteiger partial charge on any atom is -0.497 e. The number of amides is 2. The smallest absolute Gasteiger partial charge is 0.235 e. The largest absolute Gasteiger partial charge is 0.497 e. The Morgan fingerprint density at radius 1 is 1.04 bits per heavy atom. The van der Waals surface area contributed by atoms with Crippen molar-refractivity contribution in [3.63, 3.8) is 0 Å². The van der Waals surface area contributed by atoms with E-state index in [2.05, 4.69) is 10.6 Å². The molecule has 1 aliphatic carbocycles. The maximum atomic E-state index is 12.3. The molecule has 2 N–H and O–H groups in total. The Morgan fingerprint density at radius 3 is 2.21 bits per heavy atom. The predicted molar refractivity (Wildman–Crippen MR) is 90.9 cm³/mol. The molecule has 6 nitrogen and oxygen atoms in total. The van der Waals surface area contributed by atoms with Crippen molar-refractivity contribution in [3.05, 3.63) is 29.8 Å². The molecule has 1 fully saturated rings. The van der Waals surface area contributed by atoms with Crippen LogP contribution in [0.1, 0.15) is 24.8 Å². The van der Waals surface area contributed by atoms with E-state index in [1.807, 2.05) is 24.3 Å². The summed E-state index contributed by atoms with van der Waals surface area (Å²) in [7, 11) is 3.26. The van der Waals surface area contributed by atoms with E-state index in [0.29, 0.717) is 32.5 Å². The number of nitrogens with one attached hydrogen (secondary N) is 2. The number of hydrogen-bond acceptors (Lipinski definition) is 4. The lowest BCUT2D eigenvalue weighted by Gasteiger charge is -2.15. The van der Waals surface area contributed by atoms with E-state index in [0.717, 1.165) is 24.2 Å². The average Bonchev–Trinajstić information content (AvgIpc) is 3.41. The average molecular weight is 334 g/mol. The lowest BCUT2D eigenvalue weighted by Crippen LogP contribution is -2.44. The molecule has 2 rings (SSSR count). The minimum atomic E-state index is -0.854. The van der Waals surface area contributed by atoms with Crippen LogP contribution in [0.3, 0.4) is 0 Å². The second-order valence-corrected chi connectivity index (χ2v) is 6.04. The van der Waals surface area contributed by atoms with Crippen LogP contribution in [0, 0.1) is 5.41 Å². The topological polar surface area (TPSA) is 76.7 Å². The summed E-state index contributed by atoms with van der Waals surface area (Å²) >= 11 is 0. The molecule has 0 aromatic heterocycles. The highest BCUT2D eigenvalue weighted by Gasteiger charge is 2.56. The van der Waals surface area contributed by atoms with E-state index >= 15 is 0 Å². The van der Waals surface area contributed by atoms with Crippen molar-refractivity contribution >= 4 is 11.8 Å². The quantitative estimate of drug-likeness (QED) is 0.499. The van der Waals surface area contributed by atoms with Crippen LogP contribution in [-0.2, 0) is 20.7 Å². The first-order chi connectivity index (χ1) is 11.6. The van der Waals surface area contributed by atoms with Crippen molar-refractivity contribution in [1.29, 1.82) is 0 Å². The molecule has 0 heterocycles. The number of benzene rings is 1. The molecule has 0 saturated heterocycles. The van der Waals surface area contributed by atoms with E-state index < -0.39 is 5.41 Å². The van der Waals surface area contributed by atoms with Crippen molar-refractivity contribution in [2.45, 2.75) is 25.7 Å². The van der Waals surface area contributed by atoms with Crippen LogP contribution >= 0.6 is 0 Å². The molecule has 1 aromatic carbocycles. The second kappa shape index (κ2) is 8.68. The molecule has 0 spiro atoms. The van der Waals surface area contributed by atoms with Gasteiger partial charge in [0.15, 0.2) is 0 Å². The lowest BCUT2D eigenvalue weighted by atomic mass is 10.0. The molecule has 1 aromatic rings. The van der Waals surface area contributed by atoms with Crippen molar-refractivity contribution in [2.24, 2.45) is 5.41 Å². The molecule has 1 saturated carbocycles. The normalized spacial score (nSPS) is 14.8. The molecule has 132 valence electrons. The molecule has 0 radical (unpaired) electrons. The molecule has 6 heteroatoms. The van der Waals surface area contributed by atoms with Gasteiger partial charge in [-0.2, -0.15) is 0 Å². The van der Waals surface area contributed by atoms with Gasteiger partial charge in [-0.05, 0) is 43.4 Å². The van der Waals surface area contributed by atoms with Crippen LogP contribution in [0.4, 0.5) is 0 Å². The van der Waals surface area contributed by atoms with Gasteiger partial charge in [-0.3, -0.25) is 9.59 Å². The van der Waals surface area contributed by atoms with Gasteiger partial charge in [-0.1, -0.05) is 12.1 Å². The van der Waals surface area contributed by atoms with Crippen molar-refractivity contribution in [3.8, 4) is 5.75 Å². The molecular formula is C18H26N2O4. The first-order valence-electron chi connectivity index (χ1n) is 8.31. The number of ether oxygens (including phenoxy) is 2. The molecule has 2 amide bonds. The van der Waals surface area contributed by atoms with Crippen LogP contribution in [0.2, 0.25) is 0 Å². The Hall–Kier alpha value is -2.08. The van der Waals surface area contributed by atoms with Gasteiger partial charge in [0.25, 0.3) is 0 Å². The Morgan fingerprint density at radius 2 is 1.67 bits per heavy atom. The zero-order chi connectivity index (χ0) is 17.4. The molecule has 1 aliphatic rings. The van der Waals surface area contributed by atoms with Crippen molar-refractivity contribution < 1.29 is 19.1 Å². The van der Waals surface area contributed by atoms with Gasteiger partial charge in [0.05, 0.1) is 7.11 Å². The standard InChI is InChI=1S/C18H26N2O4/c1-23-13-3-11-19-16(21)18(9-10-18)17(22)20-12-8-14-4-6-15(24-2)7-5-14/h4-7H,3,8-13H2,1-2H3,(H,19,21)(H,20,22). The van der Waals surface area contributed by atoms with E-state index in [4.69, 9.17) is 9.47 Å². The van der Waals surface area contributed by atoms with Crippen LogP contribution in [0.5, 0.6) is 5.75 Å². The summed E-state index contributed by atoms with van der Waals surface area (Å²) in [4.78, 5) is 24.5. The zero-order valence-electron chi connectivity index (χ0n) is 14.4. The number of hydrogen-bond donors (Lipinski definition) is 2. The Labute approximate surface area is 142 Å². The number of methoxy groups -OCH3 is 2. The summed E-state index contributed by atoms with van der Waals surface area (Å²) in [5.41, 5.74) is 0.262. The monoisotopic (exact) mass is 334 g/mol. The van der Waals surface area contributed by atoms with Gasteiger partial charge in [0.1, 0.15) is 11.2 Å². The van der Waals surface area contributed by atoms with Gasteiger partial charge in [-0.15, -0.1) is 0 Å². The summed E-state index contributed by atoms with van der Waals surface area (Å²) in [6.07, 6.45) is 2.72. The van der Waals surface area contributed by atoms with Crippen LogP contribution in [0.15, 0.2) is 24.3 Å². The first-order valence-corrected chi connectivity index (χ1v) is 8.31. The first kappa shape index (κ1) is 18.3. The van der Waals surface area contributed by atoms with Gasteiger partial charge in [0.2, 0.25) is 11.8 Å². The fourth-order valence-corrected chi connectivity index (χ4v) is 2.55. The highest BCUT2D eigenvalue weighted by atomic mass is 16.5. The molecule has 0 bridgehead atoms. The Kier molecular flexibility index (Phi) is 6.61. The minimum absolute atomic E-state index is 0.166. The molecule has 0 atom stereocenters. The van der Waals surface area contributed by atoms with E-state index in [-0.39, 0.29) is 11.8 Å². The fourth-order valence-electron chi connectivity index (χ4n) is 2.55. The van der Waals surface area contributed by atoms with Crippen LogP contribution < -0.4 is 15.4 Å². The summed E-state index contributed by atoms with van der Waals surface area (Å²) in [5.74, 6) is 0.477. The summed E-state index contributed by atoms with van der Waals surface area (Å²) in [6, 6.07) is 7.74. The molecule has 0 unspecified atom stereocenters. The van der Waals surface area contributed by atoms with Gasteiger partial charge >= 0.3 is 0 Å². The third kappa shape index (κ3) is 4.71.